The summed E-state index contributed by atoms with van der Waals surface area (Å²) in [7, 11) is 0. The number of nitrogens with one attached hydrogen (secondary N) is 1. The molecule has 0 bridgehead atoms. The number of hydrogen-bond acceptors (Lipinski definition) is 5. The summed E-state index contributed by atoms with van der Waals surface area (Å²) >= 11 is 0. The lowest BCUT2D eigenvalue weighted by Gasteiger charge is -2.24. The van der Waals surface area contributed by atoms with Gasteiger partial charge in [0, 0.05) is 6.42 Å². The van der Waals surface area contributed by atoms with Gasteiger partial charge in [-0.25, -0.2) is 0 Å². The molecule has 0 aliphatic rings. The van der Waals surface area contributed by atoms with Crippen molar-refractivity contribution in [3.05, 3.63) is 0 Å². The van der Waals surface area contributed by atoms with E-state index in [1.807, 2.05) is 0 Å². The fraction of sp³-hybridized carbons (Fsp3) is 0.957. The Morgan fingerprint density at radius 3 is 1.15 bits per heavy atom. The summed E-state index contributed by atoms with van der Waals surface area (Å²) in [6.45, 7) is 6.46. The van der Waals surface area contributed by atoms with E-state index in [0.717, 1.165) is 38.5 Å². The standard InChI is InChI=1S/C47H93NO5/c1-4-7-10-13-16-19-20-21-22-23-24-25-26-28-31-34-37-40-47(52)53-43(38-35-32-29-18-15-12-9-6-3)41-46(51)48-44(42-49)45(50)39-36-33-30-27-17-14-11-8-5-2/h43-45,49-50H,4-42H2,1-3H3,(H,48,51). The lowest BCUT2D eigenvalue weighted by molar-refractivity contribution is -0.151. The molecule has 0 aromatic carbocycles. The molecule has 3 atom stereocenters. The molecule has 6 heteroatoms. The Morgan fingerprint density at radius 1 is 0.472 bits per heavy atom. The van der Waals surface area contributed by atoms with Crippen molar-refractivity contribution in [3.8, 4) is 0 Å². The normalized spacial score (nSPS) is 13.2. The molecule has 0 radical (unpaired) electrons. The molecule has 316 valence electrons. The van der Waals surface area contributed by atoms with E-state index in [4.69, 9.17) is 4.74 Å². The monoisotopic (exact) mass is 752 g/mol. The molecule has 3 unspecified atom stereocenters. The molecule has 6 nitrogen and oxygen atoms in total. The zero-order valence-corrected chi connectivity index (χ0v) is 35.9. The Balaban J connectivity index is 4.37. The molecule has 0 saturated heterocycles. The van der Waals surface area contributed by atoms with E-state index in [-0.39, 0.29) is 24.9 Å². The Bertz CT molecular complexity index is 761. The van der Waals surface area contributed by atoms with Crippen LogP contribution in [0.25, 0.3) is 0 Å². The van der Waals surface area contributed by atoms with Gasteiger partial charge in [0.1, 0.15) is 6.10 Å². The summed E-state index contributed by atoms with van der Waals surface area (Å²) in [6.07, 6.45) is 43.2. The predicted octanol–water partition coefficient (Wildman–Crippen LogP) is 13.6. The molecule has 0 aliphatic carbocycles. The van der Waals surface area contributed by atoms with Crippen molar-refractivity contribution >= 4 is 11.9 Å². The summed E-state index contributed by atoms with van der Waals surface area (Å²) in [5.74, 6) is -0.460. The highest BCUT2D eigenvalue weighted by molar-refractivity contribution is 5.77. The number of aliphatic hydroxyl groups excluding tert-OH is 2. The van der Waals surface area contributed by atoms with Crippen LogP contribution in [-0.4, -0.2) is 46.9 Å². The molecule has 0 fully saturated rings. The van der Waals surface area contributed by atoms with Gasteiger partial charge in [-0.3, -0.25) is 9.59 Å². The van der Waals surface area contributed by atoms with Crippen LogP contribution in [0, 0.1) is 0 Å². The van der Waals surface area contributed by atoms with Gasteiger partial charge in [0.25, 0.3) is 0 Å². The number of esters is 1. The molecular formula is C47H93NO5. The maximum absolute atomic E-state index is 13.1. The van der Waals surface area contributed by atoms with Gasteiger partial charge in [0.2, 0.25) is 5.91 Å². The van der Waals surface area contributed by atoms with E-state index >= 15 is 0 Å². The second-order valence-corrected chi connectivity index (χ2v) is 16.5. The van der Waals surface area contributed by atoms with Crippen LogP contribution >= 0.6 is 0 Å². The lowest BCUT2D eigenvalue weighted by atomic mass is 10.0. The summed E-state index contributed by atoms with van der Waals surface area (Å²) in [5.41, 5.74) is 0. The minimum Gasteiger partial charge on any atom is -0.462 e. The topological polar surface area (TPSA) is 95.9 Å². The van der Waals surface area contributed by atoms with Crippen molar-refractivity contribution in [2.75, 3.05) is 6.61 Å². The maximum Gasteiger partial charge on any atom is 0.306 e. The minimum atomic E-state index is -0.776. The van der Waals surface area contributed by atoms with E-state index in [0.29, 0.717) is 19.3 Å². The van der Waals surface area contributed by atoms with Crippen molar-refractivity contribution < 1.29 is 24.5 Å². The second-order valence-electron chi connectivity index (χ2n) is 16.5. The zero-order chi connectivity index (χ0) is 38.9. The van der Waals surface area contributed by atoms with Crippen LogP contribution in [0.4, 0.5) is 0 Å². The van der Waals surface area contributed by atoms with Gasteiger partial charge in [0.15, 0.2) is 0 Å². The number of hydrogen-bond donors (Lipinski definition) is 3. The summed E-state index contributed by atoms with van der Waals surface area (Å²) in [4.78, 5) is 25.9. The third-order valence-electron chi connectivity index (χ3n) is 11.2. The highest BCUT2D eigenvalue weighted by Gasteiger charge is 2.24. The smallest absolute Gasteiger partial charge is 0.306 e. The number of amides is 1. The highest BCUT2D eigenvalue weighted by atomic mass is 16.5. The van der Waals surface area contributed by atoms with Crippen molar-refractivity contribution in [2.45, 2.75) is 283 Å². The van der Waals surface area contributed by atoms with Crippen molar-refractivity contribution in [1.29, 1.82) is 0 Å². The van der Waals surface area contributed by atoms with Crippen molar-refractivity contribution in [3.63, 3.8) is 0 Å². The molecular weight excluding hydrogens is 659 g/mol. The fourth-order valence-corrected chi connectivity index (χ4v) is 7.55. The van der Waals surface area contributed by atoms with E-state index in [2.05, 4.69) is 26.1 Å². The molecule has 53 heavy (non-hydrogen) atoms. The van der Waals surface area contributed by atoms with Gasteiger partial charge in [-0.15, -0.1) is 0 Å². The quantitative estimate of drug-likeness (QED) is 0.0426. The zero-order valence-electron chi connectivity index (χ0n) is 35.9. The van der Waals surface area contributed by atoms with Gasteiger partial charge in [-0.1, -0.05) is 226 Å². The van der Waals surface area contributed by atoms with Crippen LogP contribution in [0.2, 0.25) is 0 Å². The first kappa shape index (κ1) is 51.9. The van der Waals surface area contributed by atoms with Crippen LogP contribution in [0.15, 0.2) is 0 Å². The SMILES string of the molecule is CCCCCCCCCCCCCCCCCCCC(=O)OC(CCCCCCCCCC)CC(=O)NC(CO)C(O)CCCCCCCCCCC. The van der Waals surface area contributed by atoms with Gasteiger partial charge in [0.05, 0.1) is 25.2 Å². The molecule has 0 aliphatic heterocycles. The summed E-state index contributed by atoms with van der Waals surface area (Å²) in [6, 6.07) is -0.689. The van der Waals surface area contributed by atoms with E-state index in [1.54, 1.807) is 0 Å². The number of ether oxygens (including phenoxy) is 1. The first-order valence-electron chi connectivity index (χ1n) is 23.8. The maximum atomic E-state index is 13.1. The van der Waals surface area contributed by atoms with Crippen LogP contribution < -0.4 is 5.32 Å². The van der Waals surface area contributed by atoms with Crippen LogP contribution in [0.3, 0.4) is 0 Å². The summed E-state index contributed by atoms with van der Waals surface area (Å²) in [5, 5.41) is 23.5. The number of unbranched alkanes of at least 4 members (excludes halogenated alkanes) is 31. The van der Waals surface area contributed by atoms with E-state index in [9.17, 15) is 19.8 Å². The first-order chi connectivity index (χ1) is 26.0. The third-order valence-corrected chi connectivity index (χ3v) is 11.2. The molecule has 0 spiro atoms. The van der Waals surface area contributed by atoms with Crippen LogP contribution in [-0.2, 0) is 14.3 Å². The number of rotatable bonds is 43. The molecule has 0 aromatic heterocycles. The van der Waals surface area contributed by atoms with E-state index in [1.165, 1.54) is 180 Å². The molecule has 0 aromatic rings. The lowest BCUT2D eigenvalue weighted by Crippen LogP contribution is -2.46. The van der Waals surface area contributed by atoms with Crippen LogP contribution in [0.1, 0.15) is 265 Å². The number of carbonyl (C=O) groups excluding carboxylic acids is 2. The van der Waals surface area contributed by atoms with Crippen LogP contribution in [0.5, 0.6) is 0 Å². The van der Waals surface area contributed by atoms with Gasteiger partial charge >= 0.3 is 5.97 Å². The number of carbonyl (C=O) groups is 2. The molecule has 3 N–H and O–H groups in total. The average Bonchev–Trinajstić information content (AvgIpc) is 3.15. The number of aliphatic hydroxyl groups is 2. The molecule has 1 amide bonds. The molecule has 0 rings (SSSR count). The summed E-state index contributed by atoms with van der Waals surface area (Å²) < 4.78 is 5.89. The van der Waals surface area contributed by atoms with E-state index < -0.39 is 18.2 Å². The Morgan fingerprint density at radius 2 is 0.792 bits per heavy atom. The first-order valence-corrected chi connectivity index (χ1v) is 23.8. The van der Waals surface area contributed by atoms with Crippen molar-refractivity contribution in [1.82, 2.24) is 5.32 Å². The highest BCUT2D eigenvalue weighted by Crippen LogP contribution is 2.18. The minimum absolute atomic E-state index is 0.0859. The van der Waals surface area contributed by atoms with Gasteiger partial charge < -0.3 is 20.3 Å². The van der Waals surface area contributed by atoms with Gasteiger partial charge in [-0.2, -0.15) is 0 Å². The predicted molar refractivity (Wildman–Crippen MR) is 227 cm³/mol. The van der Waals surface area contributed by atoms with Gasteiger partial charge in [-0.05, 0) is 25.7 Å². The Hall–Kier alpha value is -1.14. The largest absolute Gasteiger partial charge is 0.462 e. The third kappa shape index (κ3) is 37.6. The van der Waals surface area contributed by atoms with Crippen molar-refractivity contribution in [2.24, 2.45) is 0 Å². The molecule has 0 saturated carbocycles. The Labute approximate surface area is 330 Å². The Kier molecular flexibility index (Phi) is 41.1. The molecule has 0 heterocycles. The second kappa shape index (κ2) is 42.0. The average molecular weight is 752 g/mol. The fourth-order valence-electron chi connectivity index (χ4n) is 7.55.